The zero-order valence-corrected chi connectivity index (χ0v) is 17.7. The number of nitrogens with zero attached hydrogens (tertiary/aromatic N) is 7. The lowest BCUT2D eigenvalue weighted by Gasteiger charge is -2.36. The van der Waals surface area contributed by atoms with Gasteiger partial charge in [-0.1, -0.05) is 0 Å². The number of ether oxygens (including phenoxy) is 1. The summed E-state index contributed by atoms with van der Waals surface area (Å²) >= 11 is 0. The summed E-state index contributed by atoms with van der Waals surface area (Å²) in [6, 6.07) is 5.59. The topological polar surface area (TPSA) is 77.9 Å². The molecule has 30 heavy (non-hydrogen) atoms. The Morgan fingerprint density at radius 3 is 2.13 bits per heavy atom. The predicted molar refractivity (Wildman–Crippen MR) is 115 cm³/mol. The second-order valence-corrected chi connectivity index (χ2v) is 7.62. The van der Waals surface area contributed by atoms with Crippen LogP contribution in [0, 0.1) is 0 Å². The van der Waals surface area contributed by atoms with E-state index in [1.165, 1.54) is 0 Å². The van der Waals surface area contributed by atoms with Crippen LogP contribution >= 0.6 is 0 Å². The van der Waals surface area contributed by atoms with Crippen molar-refractivity contribution in [1.29, 1.82) is 0 Å². The quantitative estimate of drug-likeness (QED) is 0.721. The first-order chi connectivity index (χ1) is 14.6. The molecule has 0 unspecified atom stereocenters. The van der Waals surface area contributed by atoms with Crippen molar-refractivity contribution in [3.8, 4) is 5.88 Å². The van der Waals surface area contributed by atoms with Gasteiger partial charge in [0.2, 0.25) is 5.88 Å². The standard InChI is InChI=1S/C21H29N7O2/c1-3-30-20-5-4-17(15-22-20)21(29)28-12-10-27(11-13-28)19-14-18(23-16-24-19)26-8-6-25(2)7-9-26/h4-5,14-16H,3,6-13H2,1-2H3. The number of aromatic nitrogens is 3. The number of hydrogen-bond donors (Lipinski definition) is 0. The van der Waals surface area contributed by atoms with Gasteiger partial charge in [0, 0.05) is 70.7 Å². The summed E-state index contributed by atoms with van der Waals surface area (Å²) < 4.78 is 5.35. The lowest BCUT2D eigenvalue weighted by atomic mass is 10.2. The number of carbonyl (C=O) groups excluding carboxylic acids is 1. The van der Waals surface area contributed by atoms with Gasteiger partial charge >= 0.3 is 0 Å². The number of piperazine rings is 2. The second kappa shape index (κ2) is 9.25. The number of hydrogen-bond acceptors (Lipinski definition) is 8. The zero-order chi connectivity index (χ0) is 20.9. The van der Waals surface area contributed by atoms with Gasteiger partial charge in [-0.05, 0) is 20.0 Å². The number of carbonyl (C=O) groups is 1. The minimum atomic E-state index is 0.00557. The van der Waals surface area contributed by atoms with Gasteiger partial charge in [-0.25, -0.2) is 15.0 Å². The second-order valence-electron chi connectivity index (χ2n) is 7.62. The molecule has 2 aliphatic rings. The largest absolute Gasteiger partial charge is 0.478 e. The highest BCUT2D eigenvalue weighted by atomic mass is 16.5. The molecule has 4 heterocycles. The van der Waals surface area contributed by atoms with E-state index in [9.17, 15) is 4.79 Å². The van der Waals surface area contributed by atoms with Crippen LogP contribution in [0.4, 0.5) is 11.6 Å². The Bertz CT molecular complexity index is 845. The lowest BCUT2D eigenvalue weighted by Crippen LogP contribution is -2.49. The highest BCUT2D eigenvalue weighted by Crippen LogP contribution is 2.20. The highest BCUT2D eigenvalue weighted by molar-refractivity contribution is 5.94. The normalized spacial score (nSPS) is 17.9. The summed E-state index contributed by atoms with van der Waals surface area (Å²) in [7, 11) is 2.15. The molecule has 9 heteroatoms. The smallest absolute Gasteiger partial charge is 0.255 e. The Hall–Kier alpha value is -2.94. The first-order valence-corrected chi connectivity index (χ1v) is 10.5. The molecule has 0 saturated carbocycles. The van der Waals surface area contributed by atoms with Crippen LogP contribution in [-0.2, 0) is 0 Å². The minimum Gasteiger partial charge on any atom is -0.478 e. The Morgan fingerprint density at radius 2 is 1.57 bits per heavy atom. The molecule has 9 nitrogen and oxygen atoms in total. The first-order valence-electron chi connectivity index (χ1n) is 10.5. The molecule has 2 saturated heterocycles. The van der Waals surface area contributed by atoms with Gasteiger partial charge in [0.25, 0.3) is 5.91 Å². The molecule has 2 aromatic heterocycles. The van der Waals surface area contributed by atoms with Crippen LogP contribution in [0.1, 0.15) is 17.3 Å². The molecule has 0 N–H and O–H groups in total. The van der Waals surface area contributed by atoms with Crippen LogP contribution in [0.25, 0.3) is 0 Å². The fraction of sp³-hybridized carbons (Fsp3) is 0.524. The zero-order valence-electron chi connectivity index (χ0n) is 17.7. The van der Waals surface area contributed by atoms with E-state index in [0.717, 1.165) is 50.9 Å². The molecule has 4 rings (SSSR count). The summed E-state index contributed by atoms with van der Waals surface area (Å²) in [6.07, 6.45) is 3.23. The van der Waals surface area contributed by atoms with Crippen molar-refractivity contribution in [2.75, 3.05) is 75.8 Å². The first kappa shape index (κ1) is 20.3. The molecule has 0 bridgehead atoms. The molecule has 0 spiro atoms. The Balaban J connectivity index is 1.35. The molecular formula is C21H29N7O2. The molecular weight excluding hydrogens is 382 g/mol. The van der Waals surface area contributed by atoms with Gasteiger partial charge in [-0.3, -0.25) is 4.79 Å². The average Bonchev–Trinajstić information content (AvgIpc) is 2.80. The molecule has 2 aromatic rings. The van der Waals surface area contributed by atoms with Crippen molar-refractivity contribution in [3.63, 3.8) is 0 Å². The highest BCUT2D eigenvalue weighted by Gasteiger charge is 2.24. The fourth-order valence-corrected chi connectivity index (χ4v) is 3.78. The molecule has 160 valence electrons. The van der Waals surface area contributed by atoms with Gasteiger partial charge in [0.05, 0.1) is 12.2 Å². The molecule has 2 fully saturated rings. The van der Waals surface area contributed by atoms with Crippen molar-refractivity contribution in [2.24, 2.45) is 0 Å². The van der Waals surface area contributed by atoms with E-state index in [0.29, 0.717) is 31.1 Å². The number of amides is 1. The van der Waals surface area contributed by atoms with Gasteiger partial charge in [-0.2, -0.15) is 0 Å². The van der Waals surface area contributed by atoms with E-state index in [1.807, 2.05) is 11.8 Å². The third-order valence-electron chi connectivity index (χ3n) is 5.63. The van der Waals surface area contributed by atoms with E-state index in [2.05, 4.69) is 42.8 Å². The van der Waals surface area contributed by atoms with Crippen molar-refractivity contribution in [3.05, 3.63) is 36.3 Å². The number of rotatable bonds is 5. The van der Waals surface area contributed by atoms with Crippen LogP contribution in [0.2, 0.25) is 0 Å². The minimum absolute atomic E-state index is 0.00557. The van der Waals surface area contributed by atoms with Crippen LogP contribution in [0.5, 0.6) is 5.88 Å². The molecule has 0 aliphatic carbocycles. The molecule has 0 atom stereocenters. The van der Waals surface area contributed by atoms with Crippen LogP contribution in [-0.4, -0.2) is 96.7 Å². The third-order valence-corrected chi connectivity index (χ3v) is 5.63. The maximum absolute atomic E-state index is 12.8. The average molecular weight is 412 g/mol. The lowest BCUT2D eigenvalue weighted by molar-refractivity contribution is 0.0746. The van der Waals surface area contributed by atoms with Crippen molar-refractivity contribution < 1.29 is 9.53 Å². The third kappa shape index (κ3) is 4.62. The summed E-state index contributed by atoms with van der Waals surface area (Å²) in [6.45, 7) is 9.30. The van der Waals surface area contributed by atoms with Crippen molar-refractivity contribution >= 4 is 17.5 Å². The van der Waals surface area contributed by atoms with Crippen LogP contribution in [0.15, 0.2) is 30.7 Å². The van der Waals surface area contributed by atoms with Crippen molar-refractivity contribution in [1.82, 2.24) is 24.8 Å². The Labute approximate surface area is 177 Å². The van der Waals surface area contributed by atoms with Gasteiger partial charge < -0.3 is 24.3 Å². The van der Waals surface area contributed by atoms with E-state index >= 15 is 0 Å². The fourth-order valence-electron chi connectivity index (χ4n) is 3.78. The summed E-state index contributed by atoms with van der Waals surface area (Å²) in [5, 5.41) is 0. The predicted octanol–water partition coefficient (Wildman–Crippen LogP) is 0.985. The molecule has 2 aliphatic heterocycles. The molecule has 0 radical (unpaired) electrons. The summed E-state index contributed by atoms with van der Waals surface area (Å²) in [5.74, 6) is 2.45. The molecule has 0 aromatic carbocycles. The Morgan fingerprint density at radius 1 is 0.933 bits per heavy atom. The number of pyridine rings is 1. The van der Waals surface area contributed by atoms with Crippen molar-refractivity contribution in [2.45, 2.75) is 6.92 Å². The summed E-state index contributed by atoms with van der Waals surface area (Å²) in [4.78, 5) is 34.7. The Kier molecular flexibility index (Phi) is 6.27. The van der Waals surface area contributed by atoms with E-state index in [4.69, 9.17) is 4.74 Å². The van der Waals surface area contributed by atoms with E-state index < -0.39 is 0 Å². The van der Waals surface area contributed by atoms with Crippen LogP contribution in [0.3, 0.4) is 0 Å². The number of anilines is 2. The van der Waals surface area contributed by atoms with E-state index in [-0.39, 0.29) is 5.91 Å². The summed E-state index contributed by atoms with van der Waals surface area (Å²) in [5.41, 5.74) is 0.589. The maximum atomic E-state index is 12.8. The SMILES string of the molecule is CCOc1ccc(C(=O)N2CCN(c3cc(N4CCN(C)CC4)ncn3)CC2)cn1. The molecule has 1 amide bonds. The maximum Gasteiger partial charge on any atom is 0.255 e. The van der Waals surface area contributed by atoms with Gasteiger partial charge in [-0.15, -0.1) is 0 Å². The van der Waals surface area contributed by atoms with Gasteiger partial charge in [0.1, 0.15) is 18.0 Å². The van der Waals surface area contributed by atoms with E-state index in [1.54, 1.807) is 24.7 Å². The van der Waals surface area contributed by atoms with Gasteiger partial charge in [0.15, 0.2) is 0 Å². The van der Waals surface area contributed by atoms with Crippen LogP contribution < -0.4 is 14.5 Å². The monoisotopic (exact) mass is 411 g/mol. The number of likely N-dealkylation sites (N-methyl/N-ethyl adjacent to an activating group) is 1.